The number of carbonyl (C=O) groups excluding carboxylic acids is 1. The fourth-order valence-corrected chi connectivity index (χ4v) is 3.00. The van der Waals surface area contributed by atoms with E-state index in [2.05, 4.69) is 23.5 Å². The predicted molar refractivity (Wildman–Crippen MR) is 81.8 cm³/mol. The van der Waals surface area contributed by atoms with Gasteiger partial charge in [0.15, 0.2) is 0 Å². The van der Waals surface area contributed by atoms with Crippen molar-refractivity contribution >= 4 is 5.97 Å². The molecule has 21 heavy (non-hydrogen) atoms. The van der Waals surface area contributed by atoms with Crippen molar-refractivity contribution in [3.05, 3.63) is 71.3 Å². The number of hydrogen-bond acceptors (Lipinski definition) is 3. The number of esters is 1. The highest BCUT2D eigenvalue weighted by Gasteiger charge is 2.46. The minimum absolute atomic E-state index is 0.0109. The van der Waals surface area contributed by atoms with Crippen molar-refractivity contribution < 1.29 is 9.53 Å². The average Bonchev–Trinajstić information content (AvgIpc) is 2.84. The van der Waals surface area contributed by atoms with E-state index in [0.717, 1.165) is 16.7 Å². The van der Waals surface area contributed by atoms with E-state index < -0.39 is 5.54 Å². The number of carbonyl (C=O) groups is 1. The number of nitrogens with one attached hydrogen (secondary N) is 1. The molecule has 0 aromatic heterocycles. The fourth-order valence-electron chi connectivity index (χ4n) is 3.00. The van der Waals surface area contributed by atoms with Crippen LogP contribution in [0.3, 0.4) is 0 Å². The largest absolute Gasteiger partial charge is 0.464 e. The van der Waals surface area contributed by atoms with Crippen molar-refractivity contribution in [2.45, 2.75) is 25.4 Å². The average molecular weight is 281 g/mol. The molecule has 0 amide bonds. The molecule has 0 fully saturated rings. The van der Waals surface area contributed by atoms with Crippen LogP contribution in [0, 0.1) is 0 Å². The Morgan fingerprint density at radius 3 is 2.52 bits per heavy atom. The van der Waals surface area contributed by atoms with Gasteiger partial charge in [-0.25, -0.2) is 4.79 Å². The maximum absolute atomic E-state index is 12.4. The lowest BCUT2D eigenvalue weighted by atomic mass is 9.91. The first-order valence-corrected chi connectivity index (χ1v) is 7.26. The molecule has 0 spiro atoms. The van der Waals surface area contributed by atoms with Crippen LogP contribution in [0.5, 0.6) is 0 Å². The van der Waals surface area contributed by atoms with Gasteiger partial charge in [0.2, 0.25) is 0 Å². The number of rotatable bonds is 3. The molecule has 1 N–H and O–H groups in total. The van der Waals surface area contributed by atoms with Gasteiger partial charge < -0.3 is 4.74 Å². The Bertz CT molecular complexity index is 653. The maximum Gasteiger partial charge on any atom is 0.330 e. The Morgan fingerprint density at radius 2 is 1.81 bits per heavy atom. The van der Waals surface area contributed by atoms with Crippen LogP contribution in [0.4, 0.5) is 0 Å². The van der Waals surface area contributed by atoms with Gasteiger partial charge >= 0.3 is 5.97 Å². The Labute approximate surface area is 124 Å². The maximum atomic E-state index is 12.4. The van der Waals surface area contributed by atoms with Crippen molar-refractivity contribution in [3.63, 3.8) is 0 Å². The summed E-state index contributed by atoms with van der Waals surface area (Å²) in [4.78, 5) is 12.4. The van der Waals surface area contributed by atoms with E-state index in [1.807, 2.05) is 50.2 Å². The van der Waals surface area contributed by atoms with Crippen molar-refractivity contribution in [2.75, 3.05) is 6.61 Å². The van der Waals surface area contributed by atoms with Crippen molar-refractivity contribution in [1.82, 2.24) is 5.32 Å². The smallest absolute Gasteiger partial charge is 0.330 e. The molecule has 0 unspecified atom stereocenters. The Balaban J connectivity index is 2.07. The first kappa shape index (κ1) is 13.8. The Hall–Kier alpha value is -2.13. The predicted octanol–water partition coefficient (Wildman–Crippen LogP) is 3.16. The van der Waals surface area contributed by atoms with E-state index in [1.165, 1.54) is 0 Å². The van der Waals surface area contributed by atoms with Crippen LogP contribution >= 0.6 is 0 Å². The van der Waals surface area contributed by atoms with Gasteiger partial charge in [-0.1, -0.05) is 54.6 Å². The summed E-state index contributed by atoms with van der Waals surface area (Å²) in [7, 11) is 0. The summed E-state index contributed by atoms with van der Waals surface area (Å²) >= 11 is 0. The Morgan fingerprint density at radius 1 is 1.14 bits per heavy atom. The normalized spacial score (nSPS) is 23.6. The number of fused-ring (bicyclic) bond motifs is 1. The zero-order chi connectivity index (χ0) is 14.9. The Kier molecular flexibility index (Phi) is 3.52. The van der Waals surface area contributed by atoms with E-state index in [0.29, 0.717) is 6.61 Å². The summed E-state index contributed by atoms with van der Waals surface area (Å²) in [6, 6.07) is 18.2. The second-order valence-corrected chi connectivity index (χ2v) is 5.42. The summed E-state index contributed by atoms with van der Waals surface area (Å²) in [5.41, 5.74) is 2.49. The van der Waals surface area contributed by atoms with E-state index in [1.54, 1.807) is 0 Å². The van der Waals surface area contributed by atoms with Crippen molar-refractivity contribution in [2.24, 2.45) is 0 Å². The molecular formula is C18H19NO2. The third-order valence-electron chi connectivity index (χ3n) is 4.06. The minimum atomic E-state index is -0.799. The second-order valence-electron chi connectivity index (χ2n) is 5.42. The lowest BCUT2D eigenvalue weighted by molar-refractivity contribution is -0.150. The molecule has 3 rings (SSSR count). The highest BCUT2D eigenvalue weighted by Crippen LogP contribution is 2.41. The first-order chi connectivity index (χ1) is 10.2. The van der Waals surface area contributed by atoms with Crippen molar-refractivity contribution in [3.8, 4) is 0 Å². The van der Waals surface area contributed by atoms with Gasteiger partial charge in [0.1, 0.15) is 5.54 Å². The molecule has 2 atom stereocenters. The van der Waals surface area contributed by atoms with Gasteiger partial charge in [0.05, 0.1) is 12.6 Å². The number of benzene rings is 2. The van der Waals surface area contributed by atoms with E-state index in [9.17, 15) is 4.79 Å². The van der Waals surface area contributed by atoms with E-state index >= 15 is 0 Å². The molecule has 1 heterocycles. The van der Waals surface area contributed by atoms with Gasteiger partial charge in [-0.15, -0.1) is 0 Å². The molecule has 3 heteroatoms. The van der Waals surface area contributed by atoms with Gasteiger partial charge in [-0.3, -0.25) is 5.32 Å². The van der Waals surface area contributed by atoms with Gasteiger partial charge in [0, 0.05) is 0 Å². The molecular weight excluding hydrogens is 262 g/mol. The van der Waals surface area contributed by atoms with Crippen LogP contribution in [-0.2, 0) is 15.1 Å². The third kappa shape index (κ3) is 2.24. The second kappa shape index (κ2) is 5.34. The molecule has 0 radical (unpaired) electrons. The molecule has 2 aromatic rings. The molecule has 2 aromatic carbocycles. The van der Waals surface area contributed by atoms with E-state index in [4.69, 9.17) is 4.74 Å². The van der Waals surface area contributed by atoms with Crippen LogP contribution < -0.4 is 5.32 Å². The summed E-state index contributed by atoms with van der Waals surface area (Å²) < 4.78 is 5.27. The monoisotopic (exact) mass is 281 g/mol. The van der Waals surface area contributed by atoms with Crippen LogP contribution in [0.1, 0.15) is 36.6 Å². The zero-order valence-electron chi connectivity index (χ0n) is 12.3. The van der Waals surface area contributed by atoms with Gasteiger partial charge in [-0.2, -0.15) is 0 Å². The molecule has 108 valence electrons. The highest BCUT2D eigenvalue weighted by molar-refractivity contribution is 5.84. The molecule has 0 bridgehead atoms. The van der Waals surface area contributed by atoms with Crippen LogP contribution in [0.2, 0.25) is 0 Å². The van der Waals surface area contributed by atoms with E-state index in [-0.39, 0.29) is 12.0 Å². The molecule has 0 saturated heterocycles. The van der Waals surface area contributed by atoms with Crippen LogP contribution in [-0.4, -0.2) is 12.6 Å². The number of hydrogen-bond donors (Lipinski definition) is 1. The first-order valence-electron chi connectivity index (χ1n) is 7.26. The highest BCUT2D eigenvalue weighted by atomic mass is 16.5. The molecule has 0 saturated carbocycles. The quantitative estimate of drug-likeness (QED) is 0.878. The topological polar surface area (TPSA) is 38.3 Å². The van der Waals surface area contributed by atoms with Crippen LogP contribution in [0.25, 0.3) is 0 Å². The summed E-state index contributed by atoms with van der Waals surface area (Å²) in [6.07, 6.45) is 0. The number of ether oxygens (including phenoxy) is 1. The molecule has 1 aliphatic rings. The lowest BCUT2D eigenvalue weighted by Crippen LogP contribution is -2.44. The molecule has 3 nitrogen and oxygen atoms in total. The molecule has 1 aliphatic heterocycles. The van der Waals surface area contributed by atoms with Gasteiger partial charge in [-0.05, 0) is 30.5 Å². The SMILES string of the molecule is CCOC(=O)[C@]1(C)N[C@H](c2ccccc2)c2ccccc21. The zero-order valence-corrected chi connectivity index (χ0v) is 12.3. The third-order valence-corrected chi connectivity index (χ3v) is 4.06. The van der Waals surface area contributed by atoms with Crippen molar-refractivity contribution in [1.29, 1.82) is 0 Å². The van der Waals surface area contributed by atoms with Gasteiger partial charge in [0.25, 0.3) is 0 Å². The summed E-state index contributed by atoms with van der Waals surface area (Å²) in [5.74, 6) is -0.226. The summed E-state index contributed by atoms with van der Waals surface area (Å²) in [5, 5.41) is 3.46. The lowest BCUT2D eigenvalue weighted by Gasteiger charge is -2.24. The minimum Gasteiger partial charge on any atom is -0.464 e. The fraction of sp³-hybridized carbons (Fsp3) is 0.278. The standard InChI is InChI=1S/C18H19NO2/c1-3-21-17(20)18(2)15-12-8-7-11-14(15)16(19-18)13-9-5-4-6-10-13/h4-12,16,19H,3H2,1-2H3/t16-,18-/m1/s1. The molecule has 0 aliphatic carbocycles. The summed E-state index contributed by atoms with van der Waals surface area (Å²) in [6.45, 7) is 4.11. The van der Waals surface area contributed by atoms with Crippen LogP contribution in [0.15, 0.2) is 54.6 Å².